The first-order chi connectivity index (χ1) is 11.5. The highest BCUT2D eigenvalue weighted by Gasteiger charge is 2.61. The zero-order valence-electron chi connectivity index (χ0n) is 15.0. The van der Waals surface area contributed by atoms with Gasteiger partial charge in [-0.15, -0.1) is 22.7 Å². The average molecular weight is 363 g/mol. The van der Waals surface area contributed by atoms with E-state index in [2.05, 4.69) is 49.1 Å². The number of fused-ring (bicyclic) bond motifs is 2. The van der Waals surface area contributed by atoms with E-state index in [0.29, 0.717) is 5.54 Å². The number of thiophene rings is 2. The molecule has 2 aliphatic heterocycles. The van der Waals surface area contributed by atoms with E-state index in [-0.39, 0.29) is 5.60 Å². The van der Waals surface area contributed by atoms with Gasteiger partial charge in [-0.2, -0.15) is 0 Å². The van der Waals surface area contributed by atoms with Crippen LogP contribution in [-0.2, 0) is 10.3 Å². The average Bonchev–Trinajstić information content (AvgIpc) is 3.28. The molecule has 2 aliphatic rings. The number of hydrogen-bond donors (Lipinski definition) is 0. The molecule has 4 rings (SSSR count). The van der Waals surface area contributed by atoms with Crippen molar-refractivity contribution in [2.24, 2.45) is 0 Å². The van der Waals surface area contributed by atoms with Gasteiger partial charge in [0.1, 0.15) is 11.1 Å². The number of quaternary nitrogens is 1. The number of ether oxygens (including phenoxy) is 1. The molecule has 4 heteroatoms. The van der Waals surface area contributed by atoms with E-state index in [1.165, 1.54) is 46.3 Å². The van der Waals surface area contributed by atoms with Crippen LogP contribution in [-0.4, -0.2) is 37.3 Å². The molecule has 0 amide bonds. The second-order valence-electron chi connectivity index (χ2n) is 8.01. The van der Waals surface area contributed by atoms with Gasteiger partial charge in [0.05, 0.1) is 20.1 Å². The highest BCUT2D eigenvalue weighted by atomic mass is 32.1. The van der Waals surface area contributed by atoms with Crippen LogP contribution in [0.15, 0.2) is 35.0 Å². The van der Waals surface area contributed by atoms with Crippen LogP contribution in [0.3, 0.4) is 0 Å². The summed E-state index contributed by atoms with van der Waals surface area (Å²) in [7, 11) is 6.85. The Morgan fingerprint density at radius 3 is 2.33 bits per heavy atom. The Kier molecular flexibility index (Phi) is 4.15. The maximum absolute atomic E-state index is 6.38. The largest absolute Gasteiger partial charge is 0.367 e. The molecule has 0 N–H and O–H groups in total. The summed E-state index contributed by atoms with van der Waals surface area (Å²) in [6, 6.07) is 9.69. The van der Waals surface area contributed by atoms with E-state index < -0.39 is 0 Å². The van der Waals surface area contributed by atoms with E-state index in [4.69, 9.17) is 4.74 Å². The van der Waals surface area contributed by atoms with E-state index in [9.17, 15) is 0 Å². The van der Waals surface area contributed by atoms with Gasteiger partial charge in [-0.25, -0.2) is 0 Å². The van der Waals surface area contributed by atoms with E-state index in [0.717, 1.165) is 12.5 Å². The topological polar surface area (TPSA) is 9.23 Å². The standard InChI is InChI=1S/C20H28NOS2/c1-21(2)16-7-4-11-19(21,12-10-16)15-20(22-3,17-8-5-13-23-17)18-9-6-14-24-18/h5-6,8-9,13-14,16H,4,7,10-12,15H2,1-3H3/q+1. The molecule has 24 heavy (non-hydrogen) atoms. The molecule has 2 fully saturated rings. The minimum Gasteiger partial charge on any atom is -0.367 e. The molecule has 0 aromatic carbocycles. The predicted molar refractivity (Wildman–Crippen MR) is 103 cm³/mol. The van der Waals surface area contributed by atoms with Gasteiger partial charge >= 0.3 is 0 Å². The van der Waals surface area contributed by atoms with Crippen molar-refractivity contribution in [3.63, 3.8) is 0 Å². The summed E-state index contributed by atoms with van der Waals surface area (Å²) in [6.07, 6.45) is 7.92. The molecule has 4 heterocycles. The lowest BCUT2D eigenvalue weighted by Crippen LogP contribution is -2.63. The summed E-state index contributed by atoms with van der Waals surface area (Å²) in [6.45, 7) is 0. The molecule has 0 spiro atoms. The first-order valence-electron chi connectivity index (χ1n) is 9.01. The monoisotopic (exact) mass is 362 g/mol. The molecule has 2 aromatic rings. The lowest BCUT2D eigenvalue weighted by atomic mass is 9.75. The van der Waals surface area contributed by atoms with Crippen molar-refractivity contribution >= 4 is 22.7 Å². The van der Waals surface area contributed by atoms with Crippen LogP contribution in [0.1, 0.15) is 48.3 Å². The summed E-state index contributed by atoms with van der Waals surface area (Å²) in [5.74, 6) is 0. The van der Waals surface area contributed by atoms with E-state index >= 15 is 0 Å². The van der Waals surface area contributed by atoms with Crippen molar-refractivity contribution in [2.45, 2.75) is 55.7 Å². The first kappa shape index (κ1) is 16.8. The van der Waals surface area contributed by atoms with Gasteiger partial charge in [0.25, 0.3) is 0 Å². The van der Waals surface area contributed by atoms with Crippen LogP contribution in [0.25, 0.3) is 0 Å². The van der Waals surface area contributed by atoms with Crippen molar-refractivity contribution in [1.82, 2.24) is 0 Å². The Bertz CT molecular complexity index is 638. The fourth-order valence-corrected chi connectivity index (χ4v) is 7.31. The number of methoxy groups -OCH3 is 1. The van der Waals surface area contributed by atoms with Crippen molar-refractivity contribution < 1.29 is 9.22 Å². The molecule has 0 radical (unpaired) electrons. The summed E-state index contributed by atoms with van der Waals surface area (Å²) in [5.41, 5.74) is 0.0526. The molecule has 2 aromatic heterocycles. The van der Waals surface area contributed by atoms with E-state index in [1.54, 1.807) is 0 Å². The van der Waals surface area contributed by atoms with Crippen molar-refractivity contribution in [2.75, 3.05) is 21.2 Å². The minimum atomic E-state index is -0.288. The fraction of sp³-hybridized carbons (Fsp3) is 0.600. The summed E-state index contributed by atoms with van der Waals surface area (Å²) >= 11 is 3.68. The fourth-order valence-electron chi connectivity index (χ4n) is 5.41. The summed E-state index contributed by atoms with van der Waals surface area (Å²) in [5, 5.41) is 4.37. The maximum Gasteiger partial charge on any atom is 0.142 e. The third-order valence-corrected chi connectivity index (χ3v) is 9.05. The highest BCUT2D eigenvalue weighted by Crippen LogP contribution is 2.55. The van der Waals surface area contributed by atoms with Gasteiger partial charge < -0.3 is 9.22 Å². The van der Waals surface area contributed by atoms with Gasteiger partial charge in [0, 0.05) is 42.5 Å². The zero-order valence-corrected chi connectivity index (χ0v) is 16.6. The summed E-state index contributed by atoms with van der Waals surface area (Å²) in [4.78, 5) is 2.71. The predicted octanol–water partition coefficient (Wildman–Crippen LogP) is 5.25. The van der Waals surface area contributed by atoms with Crippen molar-refractivity contribution in [3.8, 4) is 0 Å². The molecule has 130 valence electrons. The highest BCUT2D eigenvalue weighted by molar-refractivity contribution is 7.11. The quantitative estimate of drug-likeness (QED) is 0.660. The third kappa shape index (κ3) is 2.27. The molecule has 2 unspecified atom stereocenters. The second kappa shape index (κ2) is 5.94. The van der Waals surface area contributed by atoms with Gasteiger partial charge in [0.2, 0.25) is 0 Å². The Balaban J connectivity index is 1.81. The molecular formula is C20H28NOS2+. The Morgan fingerprint density at radius 2 is 1.79 bits per heavy atom. The van der Waals surface area contributed by atoms with Crippen LogP contribution in [0, 0.1) is 0 Å². The number of rotatable bonds is 5. The van der Waals surface area contributed by atoms with Crippen LogP contribution >= 0.6 is 22.7 Å². The van der Waals surface area contributed by atoms with Crippen molar-refractivity contribution in [1.29, 1.82) is 0 Å². The molecule has 2 atom stereocenters. The molecule has 2 saturated heterocycles. The second-order valence-corrected chi connectivity index (χ2v) is 9.91. The third-order valence-electron chi connectivity index (χ3n) is 7.02. The SMILES string of the molecule is COC(CC12CCCC(CC1)[N+]2(C)C)(c1cccs1)c1cccs1. The number of nitrogens with zero attached hydrogens (tertiary/aromatic N) is 1. The van der Waals surface area contributed by atoms with Crippen molar-refractivity contribution in [3.05, 3.63) is 44.8 Å². The number of piperidine rings is 1. The molecule has 0 aliphatic carbocycles. The Hall–Kier alpha value is -0.680. The minimum absolute atomic E-state index is 0.288. The molecule has 2 nitrogen and oxygen atoms in total. The molecular weight excluding hydrogens is 334 g/mol. The van der Waals surface area contributed by atoms with Gasteiger partial charge in [-0.1, -0.05) is 12.1 Å². The normalized spacial score (nSPS) is 29.0. The van der Waals surface area contributed by atoms with Crippen LogP contribution < -0.4 is 0 Å². The lowest BCUT2D eigenvalue weighted by molar-refractivity contribution is -0.957. The van der Waals surface area contributed by atoms with Crippen LogP contribution in [0.2, 0.25) is 0 Å². The summed E-state index contributed by atoms with van der Waals surface area (Å²) < 4.78 is 7.55. The molecule has 0 saturated carbocycles. The Labute approximate surface area is 153 Å². The van der Waals surface area contributed by atoms with Gasteiger partial charge in [-0.3, -0.25) is 0 Å². The number of hydrogen-bond acceptors (Lipinski definition) is 3. The first-order valence-corrected chi connectivity index (χ1v) is 10.8. The van der Waals surface area contributed by atoms with Gasteiger partial charge in [-0.05, 0) is 35.7 Å². The lowest BCUT2D eigenvalue weighted by Gasteiger charge is -2.53. The zero-order chi connectivity index (χ0) is 16.8. The Morgan fingerprint density at radius 1 is 1.12 bits per heavy atom. The maximum atomic E-state index is 6.38. The smallest absolute Gasteiger partial charge is 0.142 e. The van der Waals surface area contributed by atoms with Gasteiger partial charge in [0.15, 0.2) is 0 Å². The molecule has 2 bridgehead atoms. The van der Waals surface area contributed by atoms with Crippen LogP contribution in [0.4, 0.5) is 0 Å². The van der Waals surface area contributed by atoms with Crippen LogP contribution in [0.5, 0.6) is 0 Å². The van der Waals surface area contributed by atoms with E-state index in [1.807, 2.05) is 29.8 Å².